The highest BCUT2D eigenvalue weighted by molar-refractivity contribution is 5.51. The molecule has 0 aliphatic heterocycles. The van der Waals surface area contributed by atoms with Crippen LogP contribution in [-0.2, 0) is 12.8 Å². The molecule has 0 fully saturated rings. The third-order valence-corrected chi connectivity index (χ3v) is 3.73. The lowest BCUT2D eigenvalue weighted by Crippen LogP contribution is -2.08. The molecule has 0 amide bonds. The van der Waals surface area contributed by atoms with Gasteiger partial charge in [-0.25, -0.2) is 0 Å². The Morgan fingerprint density at radius 3 is 2.39 bits per heavy atom. The Morgan fingerprint density at radius 1 is 0.929 bits per heavy atom. The maximum absolute atomic E-state index is 12.7. The van der Waals surface area contributed by atoms with Crippen LogP contribution in [0.1, 0.15) is 11.4 Å². The van der Waals surface area contributed by atoms with Crippen molar-refractivity contribution in [3.63, 3.8) is 0 Å². The number of tetrazole rings is 1. The normalized spacial score (nSPS) is 11.5. The Balaban J connectivity index is 1.48. The summed E-state index contributed by atoms with van der Waals surface area (Å²) < 4.78 is 50.1. The van der Waals surface area contributed by atoms with Crippen molar-refractivity contribution in [2.45, 2.75) is 12.8 Å². The van der Waals surface area contributed by atoms with E-state index in [1.165, 1.54) is 16.8 Å². The average molecular weight is 388 g/mol. The van der Waals surface area contributed by atoms with Gasteiger partial charge >= 0.3 is 12.3 Å². The first-order valence-electron chi connectivity index (χ1n) is 7.97. The molecule has 0 saturated heterocycles. The number of halogens is 3. The van der Waals surface area contributed by atoms with Gasteiger partial charge in [-0.1, -0.05) is 23.3 Å². The molecule has 28 heavy (non-hydrogen) atoms. The number of hydrogen-bond donors (Lipinski definition) is 0. The van der Waals surface area contributed by atoms with Gasteiger partial charge in [0.15, 0.2) is 12.4 Å². The van der Waals surface area contributed by atoms with Crippen LogP contribution in [0.25, 0.3) is 17.1 Å². The number of rotatable bonds is 5. The number of benzene rings is 2. The van der Waals surface area contributed by atoms with Crippen molar-refractivity contribution >= 4 is 0 Å². The lowest BCUT2D eigenvalue weighted by atomic mass is 10.2. The van der Waals surface area contributed by atoms with Gasteiger partial charge in [-0.3, -0.25) is 0 Å². The number of alkyl halides is 3. The number of nitrogens with zero attached hydrogens (tertiary/aromatic N) is 6. The van der Waals surface area contributed by atoms with E-state index in [1.807, 2.05) is 30.3 Å². The van der Waals surface area contributed by atoms with Gasteiger partial charge < -0.3 is 9.15 Å². The second-order valence-electron chi connectivity index (χ2n) is 5.58. The first kappa shape index (κ1) is 17.6. The lowest BCUT2D eigenvalue weighted by molar-refractivity contribution is -0.137. The summed E-state index contributed by atoms with van der Waals surface area (Å²) in [6.07, 6.45) is -4.50. The van der Waals surface area contributed by atoms with Crippen LogP contribution >= 0.6 is 0 Å². The molecule has 2 heterocycles. The molecule has 11 heteroatoms. The summed E-state index contributed by atoms with van der Waals surface area (Å²) >= 11 is 0. The van der Waals surface area contributed by atoms with Crippen molar-refractivity contribution in [2.24, 2.45) is 0 Å². The highest BCUT2D eigenvalue weighted by Gasteiger charge is 2.30. The largest absolute Gasteiger partial charge is 0.441 e. The highest BCUT2D eigenvalue weighted by Crippen LogP contribution is 2.29. The van der Waals surface area contributed by atoms with Crippen molar-refractivity contribution < 1.29 is 22.3 Å². The molecule has 0 N–H and O–H groups in total. The Labute approximate surface area is 155 Å². The summed E-state index contributed by atoms with van der Waals surface area (Å²) in [5, 5.41) is 18.8. The lowest BCUT2D eigenvalue weighted by Gasteiger charge is -2.08. The summed E-state index contributed by atoms with van der Waals surface area (Å²) in [4.78, 5) is 0. The van der Waals surface area contributed by atoms with Crippen LogP contribution in [0.2, 0.25) is 0 Å². The van der Waals surface area contributed by atoms with Crippen LogP contribution in [0.4, 0.5) is 13.2 Å². The fourth-order valence-electron chi connectivity index (χ4n) is 2.38. The summed E-state index contributed by atoms with van der Waals surface area (Å²) in [6.45, 7) is -0.121. The van der Waals surface area contributed by atoms with Crippen molar-refractivity contribution in [3.05, 3.63) is 66.0 Å². The first-order valence-corrected chi connectivity index (χ1v) is 7.97. The molecule has 0 bridgehead atoms. The van der Waals surface area contributed by atoms with Crippen molar-refractivity contribution in [1.82, 2.24) is 30.4 Å². The van der Waals surface area contributed by atoms with Crippen molar-refractivity contribution in [2.75, 3.05) is 0 Å². The Bertz CT molecular complexity index is 1060. The predicted octanol–water partition coefficient (Wildman–Crippen LogP) is 3.31. The minimum atomic E-state index is -4.42. The summed E-state index contributed by atoms with van der Waals surface area (Å²) in [6, 6.07) is 13.6. The van der Waals surface area contributed by atoms with Gasteiger partial charge in [0, 0.05) is 5.56 Å². The molecule has 0 saturated carbocycles. The smallest absolute Gasteiger partial charge is 0.416 e. The second kappa shape index (κ2) is 7.10. The van der Waals surface area contributed by atoms with Gasteiger partial charge in [0.1, 0.15) is 0 Å². The van der Waals surface area contributed by atoms with E-state index in [2.05, 4.69) is 25.7 Å². The molecule has 2 aromatic carbocycles. The molecule has 0 spiro atoms. The summed E-state index contributed by atoms with van der Waals surface area (Å²) in [7, 11) is 0. The third kappa shape index (κ3) is 3.68. The zero-order chi connectivity index (χ0) is 19.6. The second-order valence-corrected chi connectivity index (χ2v) is 5.58. The molecular formula is C17H11F3N6O2. The van der Waals surface area contributed by atoms with E-state index >= 15 is 0 Å². The predicted molar refractivity (Wildman–Crippen MR) is 88.2 cm³/mol. The molecular weight excluding hydrogens is 377 g/mol. The van der Waals surface area contributed by atoms with Gasteiger partial charge in [-0.15, -0.1) is 10.2 Å². The molecule has 0 aliphatic carbocycles. The summed E-state index contributed by atoms with van der Waals surface area (Å²) in [5.41, 5.74) is 0.327. The molecule has 8 nitrogen and oxygen atoms in total. The third-order valence-electron chi connectivity index (χ3n) is 3.73. The maximum atomic E-state index is 12.7. The Hall–Kier alpha value is -3.76. The SMILES string of the molecule is FC(F)(F)c1ccc(-n2nnnc2COc2nnc(-c3ccccc3)o2)cc1. The summed E-state index contributed by atoms with van der Waals surface area (Å²) in [5.74, 6) is 0.539. The molecule has 4 rings (SSSR count). The van der Waals surface area contributed by atoms with Gasteiger partial charge in [0.25, 0.3) is 5.89 Å². The van der Waals surface area contributed by atoms with Crippen molar-refractivity contribution in [1.29, 1.82) is 0 Å². The molecule has 0 atom stereocenters. The molecule has 142 valence electrons. The van der Waals surface area contributed by atoms with Gasteiger partial charge in [-0.05, 0) is 46.8 Å². The molecule has 4 aromatic rings. The van der Waals surface area contributed by atoms with Crippen LogP contribution in [0.15, 0.2) is 59.0 Å². The van der Waals surface area contributed by atoms with Crippen LogP contribution in [0.3, 0.4) is 0 Å². The van der Waals surface area contributed by atoms with Crippen LogP contribution < -0.4 is 4.74 Å². The zero-order valence-corrected chi connectivity index (χ0v) is 14.0. The van der Waals surface area contributed by atoms with E-state index in [-0.39, 0.29) is 24.4 Å². The van der Waals surface area contributed by atoms with E-state index in [0.717, 1.165) is 17.7 Å². The van der Waals surface area contributed by atoms with Crippen LogP contribution in [0, 0.1) is 0 Å². The van der Waals surface area contributed by atoms with E-state index in [4.69, 9.17) is 9.15 Å². The molecule has 0 unspecified atom stereocenters. The monoisotopic (exact) mass is 388 g/mol. The molecule has 0 radical (unpaired) electrons. The highest BCUT2D eigenvalue weighted by atomic mass is 19.4. The van der Waals surface area contributed by atoms with Gasteiger partial charge in [0.05, 0.1) is 11.3 Å². The topological polar surface area (TPSA) is 91.8 Å². The van der Waals surface area contributed by atoms with Crippen molar-refractivity contribution in [3.8, 4) is 23.2 Å². The maximum Gasteiger partial charge on any atom is 0.416 e. The zero-order valence-electron chi connectivity index (χ0n) is 14.0. The standard InChI is InChI=1S/C17H11F3N6O2/c18-17(19,20)12-6-8-13(9-7-12)26-14(21-24-25-26)10-27-16-23-22-15(28-16)11-4-2-1-3-5-11/h1-9H,10H2. The fraction of sp³-hybridized carbons (Fsp3) is 0.118. The molecule has 0 aliphatic rings. The fourth-order valence-corrected chi connectivity index (χ4v) is 2.38. The van der Waals surface area contributed by atoms with Crippen LogP contribution in [-0.4, -0.2) is 30.4 Å². The Morgan fingerprint density at radius 2 is 1.68 bits per heavy atom. The number of aromatic nitrogens is 6. The van der Waals surface area contributed by atoms with Gasteiger partial charge in [0.2, 0.25) is 0 Å². The Kier molecular flexibility index (Phi) is 4.47. The van der Waals surface area contributed by atoms with Gasteiger partial charge in [-0.2, -0.15) is 17.9 Å². The first-order chi connectivity index (χ1) is 13.5. The quantitative estimate of drug-likeness (QED) is 0.518. The van der Waals surface area contributed by atoms with E-state index in [9.17, 15) is 13.2 Å². The van der Waals surface area contributed by atoms with E-state index in [0.29, 0.717) is 5.69 Å². The number of ether oxygens (including phenoxy) is 1. The van der Waals surface area contributed by atoms with E-state index in [1.54, 1.807) is 0 Å². The van der Waals surface area contributed by atoms with E-state index < -0.39 is 11.7 Å². The average Bonchev–Trinajstić information content (AvgIpc) is 3.36. The minimum Gasteiger partial charge on any atom is -0.441 e. The van der Waals surface area contributed by atoms with Crippen LogP contribution in [0.5, 0.6) is 6.08 Å². The molecule has 2 aromatic heterocycles. The number of hydrogen-bond acceptors (Lipinski definition) is 7. The minimum absolute atomic E-state index is 0.0826.